The molecule has 2 N–H and O–H groups in total. The van der Waals surface area contributed by atoms with E-state index in [0.29, 0.717) is 43.9 Å². The quantitative estimate of drug-likeness (QED) is 0.457. The first-order chi connectivity index (χ1) is 16.5. The number of hydrogen-bond donors (Lipinski definition) is 2. The van der Waals surface area contributed by atoms with Gasteiger partial charge >= 0.3 is 0 Å². The number of nitrogens with one attached hydrogen (secondary N) is 1. The number of H-pyrrole nitrogens is 1. The van der Waals surface area contributed by atoms with Gasteiger partial charge in [-0.25, -0.2) is 9.07 Å². The molecule has 0 aliphatic carbocycles. The molecule has 34 heavy (non-hydrogen) atoms. The van der Waals surface area contributed by atoms with Crippen LogP contribution in [0.1, 0.15) is 48.3 Å². The molecule has 1 unspecified atom stereocenters. The molecule has 3 heterocycles. The SMILES string of the molecule is CCc1ccc2[nH]c(=O)c(C(c3nnnn3Cc3ccc(F)cc3)N3CCC(O)CC3)cc2c1. The van der Waals surface area contributed by atoms with E-state index in [1.54, 1.807) is 16.8 Å². The third kappa shape index (κ3) is 4.49. The van der Waals surface area contributed by atoms with E-state index >= 15 is 0 Å². The van der Waals surface area contributed by atoms with Gasteiger partial charge in [0.05, 0.1) is 12.6 Å². The molecule has 2 aromatic heterocycles. The van der Waals surface area contributed by atoms with Gasteiger partial charge < -0.3 is 10.1 Å². The van der Waals surface area contributed by atoms with Crippen molar-refractivity contribution in [2.24, 2.45) is 0 Å². The minimum absolute atomic E-state index is 0.191. The van der Waals surface area contributed by atoms with Crippen molar-refractivity contribution in [2.45, 2.75) is 44.9 Å². The standard InChI is InChI=1S/C25H27FN6O2/c1-2-16-5-8-22-18(13-16)14-21(25(34)27-22)23(31-11-9-20(33)10-12-31)24-28-29-30-32(24)15-17-3-6-19(26)7-4-17/h3-8,13-14,20,23,33H,2,9-12,15H2,1H3,(H,27,34). The second kappa shape index (κ2) is 9.44. The van der Waals surface area contributed by atoms with Gasteiger partial charge in [0, 0.05) is 24.2 Å². The van der Waals surface area contributed by atoms with Crippen LogP contribution < -0.4 is 5.56 Å². The number of tetrazole rings is 1. The predicted molar refractivity (Wildman–Crippen MR) is 126 cm³/mol. The first kappa shape index (κ1) is 22.4. The van der Waals surface area contributed by atoms with Crippen LogP contribution in [0, 0.1) is 5.82 Å². The maximum absolute atomic E-state index is 13.4. The molecule has 1 fully saturated rings. The number of aromatic amines is 1. The molecule has 8 nitrogen and oxygen atoms in total. The molecule has 1 saturated heterocycles. The van der Waals surface area contributed by atoms with Gasteiger partial charge in [-0.05, 0) is 76.5 Å². The van der Waals surface area contributed by atoms with E-state index in [1.165, 1.54) is 17.7 Å². The van der Waals surface area contributed by atoms with E-state index in [4.69, 9.17) is 0 Å². The van der Waals surface area contributed by atoms with Crippen LogP contribution in [0.2, 0.25) is 0 Å². The minimum atomic E-state index is -0.485. The van der Waals surface area contributed by atoms with Crippen LogP contribution in [0.3, 0.4) is 0 Å². The van der Waals surface area contributed by atoms with Gasteiger partial charge in [0.25, 0.3) is 5.56 Å². The third-order valence-electron chi connectivity index (χ3n) is 6.55. The Hall–Kier alpha value is -3.43. The van der Waals surface area contributed by atoms with E-state index in [9.17, 15) is 14.3 Å². The van der Waals surface area contributed by atoms with Crippen molar-refractivity contribution >= 4 is 10.9 Å². The van der Waals surface area contributed by atoms with Crippen molar-refractivity contribution in [2.75, 3.05) is 13.1 Å². The summed E-state index contributed by atoms with van der Waals surface area (Å²) in [5.41, 5.74) is 3.19. The number of likely N-dealkylation sites (tertiary alicyclic amines) is 1. The lowest BCUT2D eigenvalue weighted by Gasteiger charge is -2.35. The van der Waals surface area contributed by atoms with E-state index in [1.807, 2.05) is 18.2 Å². The largest absolute Gasteiger partial charge is 0.393 e. The summed E-state index contributed by atoms with van der Waals surface area (Å²) < 4.78 is 15.0. The zero-order valence-electron chi connectivity index (χ0n) is 19.0. The fourth-order valence-electron chi connectivity index (χ4n) is 4.62. The maximum Gasteiger partial charge on any atom is 0.253 e. The molecule has 1 aliphatic heterocycles. The number of benzene rings is 2. The van der Waals surface area contributed by atoms with Crippen molar-refractivity contribution < 1.29 is 9.50 Å². The molecule has 0 radical (unpaired) electrons. The smallest absolute Gasteiger partial charge is 0.253 e. The molecule has 0 amide bonds. The minimum Gasteiger partial charge on any atom is -0.393 e. The molecule has 2 aromatic carbocycles. The van der Waals surface area contributed by atoms with Crippen molar-refractivity contribution in [1.29, 1.82) is 0 Å². The summed E-state index contributed by atoms with van der Waals surface area (Å²) in [6.45, 7) is 3.67. The topological polar surface area (TPSA) is 99.9 Å². The monoisotopic (exact) mass is 462 g/mol. The van der Waals surface area contributed by atoms with E-state index in [2.05, 4.69) is 38.4 Å². The van der Waals surface area contributed by atoms with Gasteiger partial charge in [0.2, 0.25) is 0 Å². The van der Waals surface area contributed by atoms with Gasteiger partial charge in [-0.1, -0.05) is 25.1 Å². The summed E-state index contributed by atoms with van der Waals surface area (Å²) in [6.07, 6.45) is 1.77. The fourth-order valence-corrected chi connectivity index (χ4v) is 4.62. The molecule has 0 bridgehead atoms. The molecule has 0 spiro atoms. The number of aliphatic hydroxyl groups excluding tert-OH is 1. The van der Waals surface area contributed by atoms with Gasteiger partial charge in [-0.15, -0.1) is 5.10 Å². The zero-order chi connectivity index (χ0) is 23.7. The second-order valence-corrected chi connectivity index (χ2v) is 8.82. The zero-order valence-corrected chi connectivity index (χ0v) is 19.0. The summed E-state index contributed by atoms with van der Waals surface area (Å²) in [5, 5.41) is 23.4. The molecular formula is C25H27FN6O2. The summed E-state index contributed by atoms with van der Waals surface area (Å²) in [6, 6.07) is 13.7. The van der Waals surface area contributed by atoms with Crippen LogP contribution in [0.15, 0.2) is 53.3 Å². The van der Waals surface area contributed by atoms with Gasteiger partial charge in [-0.3, -0.25) is 9.69 Å². The molecule has 176 valence electrons. The Bertz CT molecular complexity index is 1340. The van der Waals surface area contributed by atoms with Crippen molar-refractivity contribution in [3.63, 3.8) is 0 Å². The second-order valence-electron chi connectivity index (χ2n) is 8.82. The van der Waals surface area contributed by atoms with E-state index in [0.717, 1.165) is 22.9 Å². The van der Waals surface area contributed by atoms with Crippen molar-refractivity contribution in [3.05, 3.63) is 87.2 Å². The van der Waals surface area contributed by atoms with Gasteiger partial charge in [-0.2, -0.15) is 0 Å². The maximum atomic E-state index is 13.4. The van der Waals surface area contributed by atoms with Crippen LogP contribution >= 0.6 is 0 Å². The Kier molecular flexibility index (Phi) is 6.21. The lowest BCUT2D eigenvalue weighted by atomic mass is 9.98. The molecule has 1 atom stereocenters. The Morgan fingerprint density at radius 2 is 1.85 bits per heavy atom. The number of rotatable bonds is 6. The first-order valence-corrected chi connectivity index (χ1v) is 11.6. The number of hydrogen-bond acceptors (Lipinski definition) is 6. The number of aromatic nitrogens is 5. The summed E-state index contributed by atoms with van der Waals surface area (Å²) in [4.78, 5) is 18.5. The summed E-state index contributed by atoms with van der Waals surface area (Å²) in [7, 11) is 0. The average molecular weight is 463 g/mol. The highest BCUT2D eigenvalue weighted by Crippen LogP contribution is 2.30. The molecule has 5 rings (SSSR count). The van der Waals surface area contributed by atoms with Crippen LogP contribution in [-0.4, -0.2) is 54.4 Å². The van der Waals surface area contributed by atoms with Crippen LogP contribution in [0.5, 0.6) is 0 Å². The van der Waals surface area contributed by atoms with E-state index < -0.39 is 6.04 Å². The third-order valence-corrected chi connectivity index (χ3v) is 6.55. The number of piperidine rings is 1. The lowest BCUT2D eigenvalue weighted by molar-refractivity contribution is 0.0659. The lowest BCUT2D eigenvalue weighted by Crippen LogP contribution is -2.41. The first-order valence-electron chi connectivity index (χ1n) is 11.6. The summed E-state index contributed by atoms with van der Waals surface area (Å²) >= 11 is 0. The highest BCUT2D eigenvalue weighted by Gasteiger charge is 2.32. The highest BCUT2D eigenvalue weighted by molar-refractivity contribution is 5.80. The Morgan fingerprint density at radius 1 is 1.12 bits per heavy atom. The van der Waals surface area contributed by atoms with Crippen LogP contribution in [0.4, 0.5) is 4.39 Å². The van der Waals surface area contributed by atoms with Crippen LogP contribution in [-0.2, 0) is 13.0 Å². The predicted octanol–water partition coefficient (Wildman–Crippen LogP) is 2.81. The molecule has 4 aromatic rings. The van der Waals surface area contributed by atoms with E-state index in [-0.39, 0.29) is 17.5 Å². The average Bonchev–Trinajstić information content (AvgIpc) is 3.29. The van der Waals surface area contributed by atoms with Gasteiger partial charge in [0.15, 0.2) is 5.82 Å². The fraction of sp³-hybridized carbons (Fsp3) is 0.360. The molecule has 0 saturated carbocycles. The number of aliphatic hydroxyl groups is 1. The number of halogens is 1. The van der Waals surface area contributed by atoms with Crippen molar-refractivity contribution in [1.82, 2.24) is 30.1 Å². The normalized spacial score (nSPS) is 16.2. The number of fused-ring (bicyclic) bond motifs is 1. The van der Waals surface area contributed by atoms with Crippen molar-refractivity contribution in [3.8, 4) is 0 Å². The molecule has 1 aliphatic rings. The summed E-state index contributed by atoms with van der Waals surface area (Å²) in [5.74, 6) is 0.233. The Morgan fingerprint density at radius 3 is 2.59 bits per heavy atom. The number of nitrogens with zero attached hydrogens (tertiary/aromatic N) is 5. The highest BCUT2D eigenvalue weighted by atomic mass is 19.1. The van der Waals surface area contributed by atoms with Gasteiger partial charge in [0.1, 0.15) is 11.9 Å². The number of pyridine rings is 1. The molecule has 9 heteroatoms. The molecular weight excluding hydrogens is 435 g/mol. The van der Waals surface area contributed by atoms with Crippen LogP contribution in [0.25, 0.3) is 10.9 Å². The Labute approximate surface area is 196 Å². The number of aryl methyl sites for hydroxylation is 1. The Balaban J connectivity index is 1.60.